The number of rotatable bonds is 2. The van der Waals surface area contributed by atoms with Crippen molar-refractivity contribution in [3.05, 3.63) is 85.8 Å². The summed E-state index contributed by atoms with van der Waals surface area (Å²) in [5, 5.41) is 0. The van der Waals surface area contributed by atoms with E-state index in [1.807, 2.05) is 8.85 Å². The molecule has 0 aromatic heterocycles. The van der Waals surface area contributed by atoms with E-state index in [1.54, 1.807) is 27.8 Å². The maximum atomic E-state index is 2.78. The van der Waals surface area contributed by atoms with E-state index in [9.17, 15) is 0 Å². The first kappa shape index (κ1) is 24.7. The summed E-state index contributed by atoms with van der Waals surface area (Å²) >= 11 is -3.04. The summed E-state index contributed by atoms with van der Waals surface area (Å²) in [6.07, 6.45) is 21.6. The molecule has 0 N–H and O–H groups in total. The fraction of sp³-hybridized carbons (Fsp3) is 0.429. The van der Waals surface area contributed by atoms with E-state index in [0.29, 0.717) is 0 Å². The predicted molar refractivity (Wildman–Crippen MR) is 144 cm³/mol. The molecule has 1 aromatic rings. The zero-order chi connectivity index (χ0) is 20.5. The molecule has 3 atom stereocenters. The van der Waals surface area contributed by atoms with Crippen LogP contribution in [0.2, 0.25) is 12.9 Å². The molecule has 0 amide bonds. The molecule has 0 saturated heterocycles. The molecular weight excluding hydrogens is 527 g/mol. The molecule has 0 aliphatic heterocycles. The Morgan fingerprint density at radius 2 is 1.78 bits per heavy atom. The van der Waals surface area contributed by atoms with Gasteiger partial charge in [-0.25, -0.2) is 0 Å². The first-order valence-electron chi connectivity index (χ1n) is 12.1. The van der Waals surface area contributed by atoms with Crippen LogP contribution in [-0.4, -0.2) is 6.88 Å². The van der Waals surface area contributed by atoms with Gasteiger partial charge in [-0.05, 0) is 0 Å². The fourth-order valence-corrected chi connectivity index (χ4v) is 22.5. The molecule has 1 fully saturated rings. The third-order valence-electron chi connectivity index (χ3n) is 9.15. The van der Waals surface area contributed by atoms with E-state index in [4.69, 9.17) is 0 Å². The second-order valence-electron chi connectivity index (χ2n) is 11.4. The summed E-state index contributed by atoms with van der Waals surface area (Å²) < 4.78 is 8.27. The van der Waals surface area contributed by atoms with E-state index >= 15 is 0 Å². The van der Waals surface area contributed by atoms with Crippen molar-refractivity contribution < 1.29 is 17.4 Å². The molecule has 6 rings (SSSR count). The molecular formula is C28H36Cl2SiZr. The normalized spacial score (nSPS) is 28.2. The predicted octanol–water partition coefficient (Wildman–Crippen LogP) is 7.88. The van der Waals surface area contributed by atoms with E-state index in [2.05, 4.69) is 70.8 Å². The van der Waals surface area contributed by atoms with Crippen LogP contribution in [0.5, 0.6) is 0 Å². The Hall–Kier alpha value is -0.400. The fourth-order valence-electron chi connectivity index (χ4n) is 7.59. The number of hydrogen-bond donors (Lipinski definition) is 0. The van der Waals surface area contributed by atoms with Crippen LogP contribution in [0, 0.1) is 11.8 Å². The maximum absolute atomic E-state index is 3.04. The summed E-state index contributed by atoms with van der Waals surface area (Å²) in [4.78, 5) is 0. The van der Waals surface area contributed by atoms with Gasteiger partial charge in [0.1, 0.15) is 0 Å². The molecule has 4 heteroatoms. The third kappa shape index (κ3) is 3.55. The second-order valence-corrected chi connectivity index (χ2v) is 41.4. The van der Waals surface area contributed by atoms with Crippen molar-refractivity contribution in [2.45, 2.75) is 57.8 Å². The van der Waals surface area contributed by atoms with Gasteiger partial charge in [0.25, 0.3) is 0 Å². The van der Waals surface area contributed by atoms with Gasteiger partial charge >= 0.3 is 185 Å². The Kier molecular flexibility index (Phi) is 6.70. The van der Waals surface area contributed by atoms with Crippen molar-refractivity contribution in [2.75, 3.05) is 0 Å². The van der Waals surface area contributed by atoms with Crippen molar-refractivity contribution in [3.63, 3.8) is 0 Å². The Balaban J connectivity index is 0.00000122. The third-order valence-corrected chi connectivity index (χ3v) is 27.8. The Bertz CT molecular complexity index is 1170. The van der Waals surface area contributed by atoms with Gasteiger partial charge in [-0.1, -0.05) is 0 Å². The van der Waals surface area contributed by atoms with Crippen molar-refractivity contribution >= 4 is 37.3 Å². The molecule has 0 nitrogen and oxygen atoms in total. The number of allylic oxidation sites excluding steroid dienone is 10. The van der Waals surface area contributed by atoms with Gasteiger partial charge < -0.3 is 0 Å². The molecule has 5 aliphatic carbocycles. The molecule has 0 bridgehead atoms. The van der Waals surface area contributed by atoms with Crippen LogP contribution in [0.15, 0.2) is 74.6 Å². The van der Waals surface area contributed by atoms with Crippen LogP contribution < -0.4 is 0 Å². The molecule has 1 saturated carbocycles. The van der Waals surface area contributed by atoms with Crippen molar-refractivity contribution in [2.24, 2.45) is 11.8 Å². The topological polar surface area (TPSA) is 0 Å². The SMILES string of the molecule is Cl.Cl.[CH3][Zr]([CH3])(=[SiH2])([C]1=CC=CC1)[CH]1CCCC2C1=C1Cc3ccccc3C1=C1C=CCCC12. The summed E-state index contributed by atoms with van der Waals surface area (Å²) in [5.41, 5.74) is 10.2. The monoisotopic (exact) mass is 560 g/mol. The molecule has 32 heavy (non-hydrogen) atoms. The summed E-state index contributed by atoms with van der Waals surface area (Å²) in [7, 11) is 0. The van der Waals surface area contributed by atoms with Gasteiger partial charge in [-0.2, -0.15) is 0 Å². The van der Waals surface area contributed by atoms with Crippen LogP contribution >= 0.6 is 24.8 Å². The number of hydrogen-bond acceptors (Lipinski definition) is 0. The Morgan fingerprint density at radius 3 is 2.56 bits per heavy atom. The van der Waals surface area contributed by atoms with Gasteiger partial charge in [0, 0.05) is 0 Å². The van der Waals surface area contributed by atoms with E-state index in [-0.39, 0.29) is 24.8 Å². The zero-order valence-corrected chi connectivity index (χ0v) is 24.9. The number of halogens is 2. The minimum atomic E-state index is -3.04. The summed E-state index contributed by atoms with van der Waals surface area (Å²) in [5.74, 6) is 1.58. The van der Waals surface area contributed by atoms with Gasteiger partial charge in [0.2, 0.25) is 0 Å². The molecule has 0 heterocycles. The standard InChI is InChI=1S/C21H21.C5H5.2CH3.2ClH.H2Si.Zr/c1-2-8-15-14(7-1)13-20-18-11-4-3-9-16(18)17-10-5-6-12-19(17)21(15)20;1-2-4-5-3-1;;;;;;/h1-2,6-8,11-12,16-17H,3-5,9-10,13H2;1-3H,4H2;2*1H3;2*1H;1H2;. The molecule has 0 radical (unpaired) electrons. The average Bonchev–Trinajstić information content (AvgIpc) is 3.42. The van der Waals surface area contributed by atoms with E-state index in [0.717, 1.165) is 15.5 Å². The van der Waals surface area contributed by atoms with Crippen LogP contribution in [0.25, 0.3) is 5.57 Å². The van der Waals surface area contributed by atoms with Crippen molar-refractivity contribution in [1.82, 2.24) is 0 Å². The molecule has 3 unspecified atom stereocenters. The van der Waals surface area contributed by atoms with E-state index < -0.39 is 17.4 Å². The first-order valence-corrected chi connectivity index (χ1v) is 25.6. The summed E-state index contributed by atoms with van der Waals surface area (Å²) in [6, 6.07) is 9.30. The summed E-state index contributed by atoms with van der Waals surface area (Å²) in [6.45, 7) is 2.50. The average molecular weight is 563 g/mol. The van der Waals surface area contributed by atoms with Gasteiger partial charge in [0.15, 0.2) is 0 Å². The molecule has 0 spiro atoms. The van der Waals surface area contributed by atoms with Gasteiger partial charge in [-0.3, -0.25) is 0 Å². The van der Waals surface area contributed by atoms with Crippen molar-refractivity contribution in [1.29, 1.82) is 0 Å². The van der Waals surface area contributed by atoms with Crippen LogP contribution in [0.4, 0.5) is 0 Å². The van der Waals surface area contributed by atoms with Crippen LogP contribution in [-0.2, 0) is 23.8 Å². The van der Waals surface area contributed by atoms with Crippen molar-refractivity contribution in [3.8, 4) is 0 Å². The zero-order valence-electron chi connectivity index (χ0n) is 19.4. The van der Waals surface area contributed by atoms with Crippen LogP contribution in [0.3, 0.4) is 0 Å². The molecule has 5 aliphatic rings. The Morgan fingerprint density at radius 1 is 0.969 bits per heavy atom. The van der Waals surface area contributed by atoms with Gasteiger partial charge in [0.05, 0.1) is 0 Å². The first-order chi connectivity index (χ1) is 14.4. The van der Waals surface area contributed by atoms with Gasteiger partial charge in [-0.15, -0.1) is 24.8 Å². The Labute approximate surface area is 208 Å². The number of fused-ring (bicyclic) bond motifs is 6. The molecule has 170 valence electrons. The second kappa shape index (κ2) is 8.67. The minimum absolute atomic E-state index is 0. The molecule has 1 aromatic carbocycles. The van der Waals surface area contributed by atoms with E-state index in [1.165, 1.54) is 44.9 Å². The quantitative estimate of drug-likeness (QED) is 0.322. The van der Waals surface area contributed by atoms with Crippen LogP contribution in [0.1, 0.15) is 49.7 Å². The number of benzene rings is 1.